The van der Waals surface area contributed by atoms with E-state index in [-0.39, 0.29) is 82.1 Å². The summed E-state index contributed by atoms with van der Waals surface area (Å²) in [4.78, 5) is 95.4. The third-order valence-electron chi connectivity index (χ3n) is 17.4. The van der Waals surface area contributed by atoms with Crippen LogP contribution in [0.3, 0.4) is 0 Å². The van der Waals surface area contributed by atoms with Crippen molar-refractivity contribution in [1.29, 1.82) is 0 Å². The number of pyridine rings is 5. The van der Waals surface area contributed by atoms with Crippen molar-refractivity contribution in [1.82, 2.24) is 44.9 Å². The van der Waals surface area contributed by atoms with Crippen LogP contribution >= 0.6 is 72.9 Å². The number of hydrogen-bond acceptors (Lipinski definition) is 23. The summed E-state index contributed by atoms with van der Waals surface area (Å²) >= 11 is 15.7. The Bertz CT molecular complexity index is 5910. The topological polar surface area (TPSA) is 374 Å². The molecule has 0 saturated heterocycles. The van der Waals surface area contributed by atoms with Crippen molar-refractivity contribution >= 4 is 148 Å². The highest BCUT2D eigenvalue weighted by atomic mass is 79.9. The number of aryl methyl sites for hydroxylation is 1. The summed E-state index contributed by atoms with van der Waals surface area (Å²) in [5.74, 6) is 4.26. The fourth-order valence-electron chi connectivity index (χ4n) is 11.8. The largest absolute Gasteiger partial charge is 0.496 e. The Morgan fingerprint density at radius 2 is 0.684 bits per heavy atom. The second kappa shape index (κ2) is 54.1. The first-order valence-corrected chi connectivity index (χ1v) is 49.0. The number of ether oxygens (including phenoxy) is 1. The van der Waals surface area contributed by atoms with Crippen LogP contribution in [-0.4, -0.2) is 102 Å². The number of fused-ring (bicyclic) bond motifs is 5. The number of H-pyrrole nitrogens is 5. The zero-order valence-corrected chi connectivity index (χ0v) is 86.4. The first kappa shape index (κ1) is 111. The maximum Gasteiger partial charge on any atom is 0.190 e. The molecular weight excluding hydrogens is 1850 g/mol. The van der Waals surface area contributed by atoms with Crippen LogP contribution in [0.5, 0.6) is 5.75 Å². The number of thiazole rings is 4. The SMILES string of the molecule is CC(C)C.CC(C)C.CC(C)C.CC(C)C.CC(C)C.CC(C)Nc1nc(-c2cc(=O)c3ccc(CO)c(Br)c3[nH]2)cs1.CC(C)Nc1nc(-c2cc(=O)c3ccc(CO)c(Cl)c3[nH]2)cs1.CC(C)Nc1nc(-c2cc(=O)c3ccc(CO)c(F)c3[nH]2)cs1.COc1ccccc1-c1cc(=O)c2ccc(CO)cc2[nH]1.Cc1c(CO)ccc2c(=O)cc(-c3csc(NC(C)C)n3)[nH]c12. The molecular formula is C102H132BrClFN13O11S4. The highest BCUT2D eigenvalue weighted by Gasteiger charge is 2.20. The summed E-state index contributed by atoms with van der Waals surface area (Å²) in [6, 6.07) is 34.8. The highest BCUT2D eigenvalue weighted by Crippen LogP contribution is 2.35. The van der Waals surface area contributed by atoms with Crippen molar-refractivity contribution in [3.8, 4) is 62.6 Å². The third-order valence-corrected chi connectivity index (χ3v) is 21.8. The summed E-state index contributed by atoms with van der Waals surface area (Å²) in [6.07, 6.45) is 0. The van der Waals surface area contributed by atoms with E-state index in [0.717, 1.165) is 94.8 Å². The van der Waals surface area contributed by atoms with E-state index in [4.69, 9.17) is 21.4 Å². The number of hydrogen-bond donors (Lipinski definition) is 14. The van der Waals surface area contributed by atoms with Gasteiger partial charge >= 0.3 is 0 Å². The van der Waals surface area contributed by atoms with Gasteiger partial charge in [-0.2, -0.15) is 0 Å². The Hall–Kier alpha value is -10.6. The second-order valence-corrected chi connectivity index (χ2v) is 40.4. The van der Waals surface area contributed by atoms with E-state index in [1.165, 1.54) is 69.6 Å². The van der Waals surface area contributed by atoms with Gasteiger partial charge in [-0.05, 0) is 184 Å². The van der Waals surface area contributed by atoms with Crippen LogP contribution in [-0.2, 0) is 33.0 Å². The monoisotopic (exact) mass is 1980 g/mol. The van der Waals surface area contributed by atoms with Gasteiger partial charge < -0.3 is 76.5 Å². The third kappa shape index (κ3) is 34.1. The predicted molar refractivity (Wildman–Crippen MR) is 564 cm³/mol. The molecule has 133 heavy (non-hydrogen) atoms. The van der Waals surface area contributed by atoms with Crippen molar-refractivity contribution in [3.63, 3.8) is 0 Å². The zero-order valence-electron chi connectivity index (χ0n) is 80.8. The molecule has 0 saturated carbocycles. The van der Waals surface area contributed by atoms with E-state index in [2.05, 4.69) is 200 Å². The van der Waals surface area contributed by atoms with Crippen molar-refractivity contribution in [2.24, 2.45) is 29.6 Å². The molecule has 0 fully saturated rings. The molecule has 15 aromatic rings. The zero-order chi connectivity index (χ0) is 98.9. The molecule has 31 heteroatoms. The van der Waals surface area contributed by atoms with Crippen LogP contribution in [0.25, 0.3) is 111 Å². The van der Waals surface area contributed by atoms with Gasteiger partial charge in [-0.1, -0.05) is 158 Å². The molecule has 9 heterocycles. The lowest BCUT2D eigenvalue weighted by molar-refractivity contribution is 0.276. The van der Waals surface area contributed by atoms with Gasteiger partial charge in [0.1, 0.15) is 5.75 Å². The van der Waals surface area contributed by atoms with Crippen molar-refractivity contribution in [2.75, 3.05) is 28.4 Å². The van der Waals surface area contributed by atoms with Crippen LogP contribution in [0.2, 0.25) is 5.02 Å². The molecule has 14 N–H and O–H groups in total. The summed E-state index contributed by atoms with van der Waals surface area (Å²) in [7, 11) is 1.60. The number of rotatable bonds is 19. The minimum absolute atomic E-state index is 0.0484. The van der Waals surface area contributed by atoms with E-state index in [9.17, 15) is 48.8 Å². The molecule has 24 nitrogen and oxygen atoms in total. The smallest absolute Gasteiger partial charge is 0.190 e. The molecule has 0 amide bonds. The normalized spacial score (nSPS) is 10.9. The predicted octanol–water partition coefficient (Wildman–Crippen LogP) is 24.7. The Kier molecular flexibility index (Phi) is 45.2. The summed E-state index contributed by atoms with van der Waals surface area (Å²) < 4.78 is 20.4. The van der Waals surface area contributed by atoms with Gasteiger partial charge in [0.2, 0.25) is 0 Å². The number of aromatic nitrogens is 9. The molecule has 0 unspecified atom stereocenters. The maximum absolute atomic E-state index is 14.4. The number of anilines is 4. The fourth-order valence-corrected chi connectivity index (χ4v) is 16.1. The summed E-state index contributed by atoms with van der Waals surface area (Å²) in [5.41, 5.74) is 12.7. The van der Waals surface area contributed by atoms with Gasteiger partial charge in [0.25, 0.3) is 0 Å². The summed E-state index contributed by atoms with van der Waals surface area (Å²) in [5, 5.41) is 73.0. The quantitative estimate of drug-likeness (QED) is 0.0357. The Labute approximate surface area is 808 Å². The summed E-state index contributed by atoms with van der Waals surface area (Å²) in [6.45, 7) is 49.9. The van der Waals surface area contributed by atoms with E-state index < -0.39 is 12.4 Å². The molecule has 0 spiro atoms. The van der Waals surface area contributed by atoms with E-state index >= 15 is 0 Å². The van der Waals surface area contributed by atoms with E-state index in [0.29, 0.717) is 111 Å². The molecule has 0 aliphatic carbocycles. The van der Waals surface area contributed by atoms with Crippen LogP contribution < -0.4 is 53.1 Å². The van der Waals surface area contributed by atoms with Gasteiger partial charge in [-0.15, -0.1) is 45.3 Å². The minimum Gasteiger partial charge on any atom is -0.496 e. The number of aliphatic hydroxyl groups is 5. The highest BCUT2D eigenvalue weighted by molar-refractivity contribution is 9.10. The molecule has 0 radical (unpaired) electrons. The number of halogens is 3. The van der Waals surface area contributed by atoms with Crippen LogP contribution in [0.4, 0.5) is 24.9 Å². The second-order valence-electron chi connectivity index (χ2n) is 35.8. The van der Waals surface area contributed by atoms with Gasteiger partial charge in [0.05, 0.1) is 124 Å². The van der Waals surface area contributed by atoms with Crippen LogP contribution in [0.15, 0.2) is 171 Å². The maximum atomic E-state index is 14.4. The Morgan fingerprint density at radius 3 is 1.06 bits per heavy atom. The van der Waals surface area contributed by atoms with Crippen molar-refractivity contribution in [3.05, 3.63) is 243 Å². The fraction of sp³-hybridized carbons (Fsp3) is 0.382. The van der Waals surface area contributed by atoms with Crippen LogP contribution in [0.1, 0.15) is 193 Å². The number of para-hydroxylation sites is 1. The number of benzene rings is 6. The number of aliphatic hydroxyl groups excluding tert-OH is 5. The average molecular weight is 1980 g/mol. The Balaban J connectivity index is 0.000000243. The van der Waals surface area contributed by atoms with Crippen molar-refractivity contribution < 1.29 is 34.7 Å². The van der Waals surface area contributed by atoms with Gasteiger partial charge in [-0.25, -0.2) is 24.3 Å². The van der Waals surface area contributed by atoms with Crippen LogP contribution in [0, 0.1) is 42.3 Å². The number of aromatic amines is 5. The number of methoxy groups -OCH3 is 1. The van der Waals surface area contributed by atoms with Crippen molar-refractivity contribution in [2.45, 2.75) is 223 Å². The standard InChI is InChI=1S/C17H19N3O2S.C17H15NO3.C16H16BrN3O2S.C16H16ClN3O2S.C16H16FN3O2S.5C4H10/c1-9(2)18-17-20-14(8-23-17)13-6-15(22)12-5-4-11(7-21)10(3)16(12)19-13;1-21-17-5-3-2-4-13(17)15-9-16(20)12-7-6-11(10-19)8-14(12)18-15;3*1-8(2)18-16-20-12(7-23-16)11-5-13(22)10-4-3-9(6-21)14(17)15(10)19-11;5*1-4(2)3/h4-6,8-9,21H,7H2,1-3H3,(H,18,20)(H,19,22);2-9,19H,10H2,1H3,(H,18,20);3*3-5,7-8,21H,6H2,1-2H3,(H,18,20)(H,19,22);5*4H,1-3H3. The molecule has 15 rings (SSSR count). The minimum atomic E-state index is -0.611. The molecule has 0 bridgehead atoms. The molecule has 6 aromatic carbocycles. The molecule has 716 valence electrons. The number of nitrogens with zero attached hydrogens (tertiary/aromatic N) is 4. The lowest BCUT2D eigenvalue weighted by Crippen LogP contribution is -2.09. The van der Waals surface area contributed by atoms with E-state index in [1.54, 1.807) is 85.3 Å². The number of nitrogens with one attached hydrogen (secondary N) is 9. The van der Waals surface area contributed by atoms with Gasteiger partial charge in [0, 0.05) is 119 Å². The van der Waals surface area contributed by atoms with Gasteiger partial charge in [0.15, 0.2) is 53.5 Å². The van der Waals surface area contributed by atoms with Gasteiger partial charge in [-0.3, -0.25) is 24.0 Å². The molecule has 0 aliphatic heterocycles. The average Bonchev–Trinajstić information content (AvgIpc) is 1.78. The molecule has 9 aromatic heterocycles. The first-order chi connectivity index (χ1) is 62.8. The Morgan fingerprint density at radius 1 is 0.376 bits per heavy atom. The lowest BCUT2D eigenvalue weighted by atomic mass is 10.0. The first-order valence-electron chi connectivity index (χ1n) is 44.3. The lowest BCUT2D eigenvalue weighted by Gasteiger charge is -2.09. The molecule has 0 atom stereocenters. The van der Waals surface area contributed by atoms with E-state index in [1.807, 2.05) is 88.9 Å². The molecule has 0 aliphatic rings.